The molecule has 4 N–H and O–H groups in total. The number of benzene rings is 2. The minimum atomic E-state index is 0. The van der Waals surface area contributed by atoms with Gasteiger partial charge in [0.1, 0.15) is 0 Å². The molecule has 0 amide bonds. The lowest BCUT2D eigenvalue weighted by Crippen LogP contribution is -1.97. The summed E-state index contributed by atoms with van der Waals surface area (Å²) in [7, 11) is 0. The molecule has 0 radical (unpaired) electrons. The van der Waals surface area contributed by atoms with E-state index in [9.17, 15) is 0 Å². The van der Waals surface area contributed by atoms with Gasteiger partial charge in [-0.2, -0.15) is 0 Å². The van der Waals surface area contributed by atoms with Crippen molar-refractivity contribution in [3.63, 3.8) is 0 Å². The molecule has 0 bridgehead atoms. The molecule has 0 fully saturated rings. The fraction of sp³-hybridized carbons (Fsp3) is 0.500. The van der Waals surface area contributed by atoms with Crippen LogP contribution in [0, 0.1) is 0 Å². The van der Waals surface area contributed by atoms with Gasteiger partial charge in [-0.15, -0.1) is 0 Å². The maximum Gasteiger partial charge on any atom is -0.0216 e. The van der Waals surface area contributed by atoms with E-state index < -0.39 is 0 Å². The van der Waals surface area contributed by atoms with Crippen LogP contribution in [-0.2, 0) is 0 Å². The molecule has 0 saturated heterocycles. The molecule has 2 aromatic carbocycles. The van der Waals surface area contributed by atoms with Crippen molar-refractivity contribution in [3.8, 4) is 0 Å². The summed E-state index contributed by atoms with van der Waals surface area (Å²) in [5, 5.41) is 0. The van der Waals surface area contributed by atoms with Gasteiger partial charge in [-0.25, -0.2) is 0 Å². The highest BCUT2D eigenvalue weighted by Gasteiger charge is 2.08. The minimum Gasteiger partial charge on any atom is -0.412 e. The Labute approximate surface area is 161 Å². The quantitative estimate of drug-likeness (QED) is 0.621. The Balaban J connectivity index is 0. The van der Waals surface area contributed by atoms with Gasteiger partial charge in [0.15, 0.2) is 0 Å². The Morgan fingerprint density at radius 2 is 0.538 bits per heavy atom. The lowest BCUT2D eigenvalue weighted by Gasteiger charge is -2.14. The van der Waals surface area contributed by atoms with E-state index in [4.69, 9.17) is 0 Å². The molecule has 0 spiro atoms. The molecular weight excluding hydrogens is 320 g/mol. The van der Waals surface area contributed by atoms with Crippen LogP contribution in [0.25, 0.3) is 0 Å². The van der Waals surface area contributed by atoms with Gasteiger partial charge in [0.05, 0.1) is 0 Å². The average Bonchev–Trinajstić information content (AvgIpc) is 2.55. The largest absolute Gasteiger partial charge is 0.412 e. The third kappa shape index (κ3) is 7.72. The monoisotopic (exact) mass is 360 g/mol. The van der Waals surface area contributed by atoms with Crippen LogP contribution in [0.1, 0.15) is 101 Å². The lowest BCUT2D eigenvalue weighted by atomic mass is 9.91. The molecular formula is C24H40O2. The smallest absolute Gasteiger partial charge is 0.0216 e. The maximum atomic E-state index is 2.25. The van der Waals surface area contributed by atoms with Crippen LogP contribution in [0.5, 0.6) is 0 Å². The number of hydrogen-bond donors (Lipinski definition) is 0. The van der Waals surface area contributed by atoms with Crippen LogP contribution < -0.4 is 0 Å². The average molecular weight is 361 g/mol. The second kappa shape index (κ2) is 12.7. The Hall–Kier alpha value is -1.64. The van der Waals surface area contributed by atoms with Crippen molar-refractivity contribution in [1.82, 2.24) is 0 Å². The van der Waals surface area contributed by atoms with Crippen LogP contribution in [-0.4, -0.2) is 11.0 Å². The molecule has 0 aromatic heterocycles. The SMILES string of the molecule is CC(C)c1ccccc1C(C)C.CC(C)c1ccccc1C(C)C.O.O. The van der Waals surface area contributed by atoms with Crippen molar-refractivity contribution in [2.24, 2.45) is 0 Å². The molecule has 26 heavy (non-hydrogen) atoms. The third-order valence-electron chi connectivity index (χ3n) is 4.48. The van der Waals surface area contributed by atoms with E-state index in [1.807, 2.05) is 0 Å². The highest BCUT2D eigenvalue weighted by Crippen LogP contribution is 2.26. The zero-order valence-electron chi connectivity index (χ0n) is 17.9. The van der Waals surface area contributed by atoms with Crippen molar-refractivity contribution >= 4 is 0 Å². The fourth-order valence-corrected chi connectivity index (χ4v) is 3.12. The zero-order chi connectivity index (χ0) is 18.3. The Kier molecular flexibility index (Phi) is 13.0. The van der Waals surface area contributed by atoms with Crippen molar-refractivity contribution < 1.29 is 11.0 Å². The summed E-state index contributed by atoms with van der Waals surface area (Å²) in [6.45, 7) is 18.0. The summed E-state index contributed by atoms with van der Waals surface area (Å²) in [6, 6.07) is 17.4. The molecule has 0 aliphatic rings. The number of hydrogen-bond acceptors (Lipinski definition) is 0. The first-order valence-corrected chi connectivity index (χ1v) is 9.43. The molecule has 2 aromatic rings. The summed E-state index contributed by atoms with van der Waals surface area (Å²) in [5.41, 5.74) is 5.97. The highest BCUT2D eigenvalue weighted by atomic mass is 16.0. The van der Waals surface area contributed by atoms with Gasteiger partial charge < -0.3 is 11.0 Å². The topological polar surface area (TPSA) is 63.0 Å². The van der Waals surface area contributed by atoms with Crippen LogP contribution in [0.2, 0.25) is 0 Å². The standard InChI is InChI=1S/2C12H18.2H2O/c2*1-9(2)11-7-5-6-8-12(11)10(3)4;;/h2*5-10H,1-4H3;2*1H2. The van der Waals surface area contributed by atoms with E-state index in [1.165, 1.54) is 22.3 Å². The van der Waals surface area contributed by atoms with E-state index in [0.717, 1.165) is 0 Å². The van der Waals surface area contributed by atoms with E-state index in [-0.39, 0.29) is 11.0 Å². The fourth-order valence-electron chi connectivity index (χ4n) is 3.12. The lowest BCUT2D eigenvalue weighted by molar-refractivity contribution is 0.790. The molecule has 2 heteroatoms. The van der Waals surface area contributed by atoms with Gasteiger partial charge >= 0.3 is 0 Å². The van der Waals surface area contributed by atoms with Gasteiger partial charge in [0.2, 0.25) is 0 Å². The molecule has 148 valence electrons. The van der Waals surface area contributed by atoms with Gasteiger partial charge in [-0.1, -0.05) is 104 Å². The zero-order valence-corrected chi connectivity index (χ0v) is 17.9. The predicted octanol–water partition coefficient (Wildman–Crippen LogP) is 6.22. The second-order valence-electron chi connectivity index (χ2n) is 7.88. The van der Waals surface area contributed by atoms with E-state index in [0.29, 0.717) is 23.7 Å². The second-order valence-corrected chi connectivity index (χ2v) is 7.88. The van der Waals surface area contributed by atoms with E-state index in [2.05, 4.69) is 104 Å². The van der Waals surface area contributed by atoms with Crippen LogP contribution in [0.15, 0.2) is 48.5 Å². The van der Waals surface area contributed by atoms with Gasteiger partial charge in [-0.05, 0) is 45.9 Å². The van der Waals surface area contributed by atoms with Gasteiger partial charge in [0.25, 0.3) is 0 Å². The number of rotatable bonds is 4. The van der Waals surface area contributed by atoms with Crippen molar-refractivity contribution in [3.05, 3.63) is 70.8 Å². The van der Waals surface area contributed by atoms with E-state index in [1.54, 1.807) is 0 Å². The summed E-state index contributed by atoms with van der Waals surface area (Å²) < 4.78 is 0. The first-order valence-electron chi connectivity index (χ1n) is 9.43. The molecule has 0 aliphatic heterocycles. The van der Waals surface area contributed by atoms with Crippen molar-refractivity contribution in [2.45, 2.75) is 79.1 Å². The van der Waals surface area contributed by atoms with Crippen molar-refractivity contribution in [2.75, 3.05) is 0 Å². The molecule has 2 nitrogen and oxygen atoms in total. The normalized spacial score (nSPS) is 10.3. The van der Waals surface area contributed by atoms with Crippen molar-refractivity contribution in [1.29, 1.82) is 0 Å². The molecule has 0 heterocycles. The Bertz CT molecular complexity index is 504. The molecule has 0 saturated carbocycles. The van der Waals surface area contributed by atoms with E-state index >= 15 is 0 Å². The third-order valence-corrected chi connectivity index (χ3v) is 4.48. The first kappa shape index (κ1) is 26.6. The highest BCUT2D eigenvalue weighted by molar-refractivity contribution is 5.32. The van der Waals surface area contributed by atoms with Gasteiger partial charge in [-0.3, -0.25) is 0 Å². The van der Waals surface area contributed by atoms with Crippen LogP contribution >= 0.6 is 0 Å². The van der Waals surface area contributed by atoms with Gasteiger partial charge in [0, 0.05) is 0 Å². The maximum absolute atomic E-state index is 2.25. The summed E-state index contributed by atoms with van der Waals surface area (Å²) in [5.74, 6) is 2.57. The summed E-state index contributed by atoms with van der Waals surface area (Å²) >= 11 is 0. The van der Waals surface area contributed by atoms with Crippen LogP contribution in [0.3, 0.4) is 0 Å². The Morgan fingerprint density at radius 1 is 0.385 bits per heavy atom. The molecule has 0 unspecified atom stereocenters. The summed E-state index contributed by atoms with van der Waals surface area (Å²) in [6.07, 6.45) is 0. The Morgan fingerprint density at radius 3 is 0.654 bits per heavy atom. The molecule has 0 atom stereocenters. The predicted molar refractivity (Wildman–Crippen MR) is 116 cm³/mol. The molecule has 2 rings (SSSR count). The molecule has 0 aliphatic carbocycles. The minimum absolute atomic E-state index is 0. The first-order chi connectivity index (χ1) is 11.3. The summed E-state index contributed by atoms with van der Waals surface area (Å²) in [4.78, 5) is 0. The van der Waals surface area contributed by atoms with Crippen LogP contribution in [0.4, 0.5) is 0 Å².